The van der Waals surface area contributed by atoms with Gasteiger partial charge in [0.1, 0.15) is 11.5 Å². The van der Waals surface area contributed by atoms with Crippen molar-refractivity contribution in [3.63, 3.8) is 0 Å². The number of carbonyl (C=O) groups is 1. The number of phenols is 1. The first-order chi connectivity index (χ1) is 6.50. The van der Waals surface area contributed by atoms with Crippen LogP contribution in [0.25, 0.3) is 0 Å². The van der Waals surface area contributed by atoms with Crippen LogP contribution in [0.1, 0.15) is 6.92 Å². The van der Waals surface area contributed by atoms with Crippen LogP contribution in [0.15, 0.2) is 18.2 Å². The summed E-state index contributed by atoms with van der Waals surface area (Å²) >= 11 is 5.70. The Kier molecular flexibility index (Phi) is 3.19. The van der Waals surface area contributed by atoms with Crippen LogP contribution >= 0.6 is 11.6 Å². The van der Waals surface area contributed by atoms with Gasteiger partial charge in [-0.05, 0) is 19.1 Å². The van der Waals surface area contributed by atoms with E-state index in [1.807, 2.05) is 0 Å². The van der Waals surface area contributed by atoms with Crippen LogP contribution in [0.4, 0.5) is 0 Å². The van der Waals surface area contributed by atoms with E-state index >= 15 is 0 Å². The van der Waals surface area contributed by atoms with Gasteiger partial charge in [0.25, 0.3) is 0 Å². The van der Waals surface area contributed by atoms with Crippen LogP contribution in [0.5, 0.6) is 11.5 Å². The number of aromatic hydroxyl groups is 1. The molecule has 4 nitrogen and oxygen atoms in total. The first kappa shape index (κ1) is 10.7. The number of aliphatic carboxylic acids is 1. The molecule has 1 atom stereocenters. The average Bonchev–Trinajstić information content (AvgIpc) is 2.09. The number of carboxylic acid groups (broad SMARTS) is 1. The molecule has 76 valence electrons. The molecule has 0 heterocycles. The summed E-state index contributed by atoms with van der Waals surface area (Å²) in [4.78, 5) is 10.5. The number of hydrogen-bond donors (Lipinski definition) is 2. The van der Waals surface area contributed by atoms with Crippen molar-refractivity contribution in [2.24, 2.45) is 0 Å². The maximum atomic E-state index is 10.5. The Labute approximate surface area is 85.7 Å². The van der Waals surface area contributed by atoms with Gasteiger partial charge in [0, 0.05) is 6.07 Å². The Morgan fingerprint density at radius 3 is 2.71 bits per heavy atom. The molecule has 5 heteroatoms. The number of hydrogen-bond acceptors (Lipinski definition) is 3. The molecule has 0 fully saturated rings. The van der Waals surface area contributed by atoms with Crippen molar-refractivity contribution in [2.45, 2.75) is 13.0 Å². The fourth-order valence-corrected chi connectivity index (χ4v) is 1.05. The minimum absolute atomic E-state index is 0.00493. The van der Waals surface area contributed by atoms with Crippen molar-refractivity contribution >= 4 is 17.6 Å². The zero-order chi connectivity index (χ0) is 10.7. The van der Waals surface area contributed by atoms with E-state index in [2.05, 4.69) is 0 Å². The van der Waals surface area contributed by atoms with Crippen molar-refractivity contribution in [2.75, 3.05) is 0 Å². The van der Waals surface area contributed by atoms with Crippen LogP contribution in [0.2, 0.25) is 5.02 Å². The normalized spacial score (nSPS) is 12.1. The highest BCUT2D eigenvalue weighted by Crippen LogP contribution is 2.28. The van der Waals surface area contributed by atoms with Gasteiger partial charge in [0.15, 0.2) is 6.10 Å². The molecule has 0 bridgehead atoms. The summed E-state index contributed by atoms with van der Waals surface area (Å²) in [6, 6.07) is 4.07. The summed E-state index contributed by atoms with van der Waals surface area (Å²) in [5.74, 6) is -0.834. The van der Waals surface area contributed by atoms with Crippen LogP contribution in [-0.4, -0.2) is 22.3 Å². The zero-order valence-electron chi connectivity index (χ0n) is 7.40. The van der Waals surface area contributed by atoms with E-state index in [-0.39, 0.29) is 16.5 Å². The lowest BCUT2D eigenvalue weighted by Crippen LogP contribution is -2.22. The summed E-state index contributed by atoms with van der Waals surface area (Å²) in [6.45, 7) is 1.39. The molecule has 1 aromatic carbocycles. The summed E-state index contributed by atoms with van der Waals surface area (Å²) in [6.07, 6.45) is -0.975. The van der Waals surface area contributed by atoms with E-state index in [0.717, 1.165) is 0 Å². The lowest BCUT2D eigenvalue weighted by molar-refractivity contribution is -0.144. The van der Waals surface area contributed by atoms with E-state index in [4.69, 9.17) is 26.6 Å². The molecule has 0 spiro atoms. The number of benzene rings is 1. The molecule has 0 aromatic heterocycles. The number of carboxylic acids is 1. The summed E-state index contributed by atoms with van der Waals surface area (Å²) in [5.41, 5.74) is 0. The highest BCUT2D eigenvalue weighted by Gasteiger charge is 2.14. The Morgan fingerprint density at radius 1 is 1.57 bits per heavy atom. The Hall–Kier alpha value is -1.42. The van der Waals surface area contributed by atoms with Gasteiger partial charge >= 0.3 is 5.97 Å². The van der Waals surface area contributed by atoms with Gasteiger partial charge in [-0.2, -0.15) is 0 Å². The molecule has 0 aliphatic rings. The van der Waals surface area contributed by atoms with Crippen molar-refractivity contribution in [3.05, 3.63) is 23.2 Å². The van der Waals surface area contributed by atoms with Gasteiger partial charge in [-0.25, -0.2) is 4.79 Å². The molecule has 1 unspecified atom stereocenters. The molecule has 1 aromatic rings. The standard InChI is InChI=1S/C9H9ClO4/c1-5(9(12)13)14-8-3-2-6(11)4-7(8)10/h2-5,11H,1H3,(H,12,13). The molecular weight excluding hydrogens is 208 g/mol. The van der Waals surface area contributed by atoms with E-state index < -0.39 is 12.1 Å². The van der Waals surface area contributed by atoms with Gasteiger partial charge in [-0.3, -0.25) is 0 Å². The monoisotopic (exact) mass is 216 g/mol. The van der Waals surface area contributed by atoms with E-state index in [0.29, 0.717) is 0 Å². The number of ether oxygens (including phenoxy) is 1. The van der Waals surface area contributed by atoms with Crippen molar-refractivity contribution in [3.8, 4) is 11.5 Å². The lowest BCUT2D eigenvalue weighted by atomic mass is 10.3. The second kappa shape index (κ2) is 4.19. The fourth-order valence-electron chi connectivity index (χ4n) is 0.826. The van der Waals surface area contributed by atoms with Crippen molar-refractivity contribution < 1.29 is 19.7 Å². The molecule has 0 amide bonds. The highest BCUT2D eigenvalue weighted by atomic mass is 35.5. The van der Waals surface area contributed by atoms with Gasteiger partial charge in [-0.15, -0.1) is 0 Å². The van der Waals surface area contributed by atoms with Crippen LogP contribution in [0.3, 0.4) is 0 Å². The minimum Gasteiger partial charge on any atom is -0.508 e. The van der Waals surface area contributed by atoms with Gasteiger partial charge in [0.05, 0.1) is 5.02 Å². The third-order valence-electron chi connectivity index (χ3n) is 1.57. The first-order valence-corrected chi connectivity index (χ1v) is 4.26. The van der Waals surface area contributed by atoms with Gasteiger partial charge in [-0.1, -0.05) is 11.6 Å². The van der Waals surface area contributed by atoms with Crippen LogP contribution in [0, 0.1) is 0 Å². The van der Waals surface area contributed by atoms with Crippen molar-refractivity contribution in [1.82, 2.24) is 0 Å². The molecule has 1 rings (SSSR count). The predicted octanol–water partition coefficient (Wildman–Crippen LogP) is 1.90. The Bertz CT molecular complexity index is 351. The quantitative estimate of drug-likeness (QED) is 0.810. The van der Waals surface area contributed by atoms with Crippen molar-refractivity contribution in [1.29, 1.82) is 0 Å². The maximum absolute atomic E-state index is 10.5. The second-order valence-electron chi connectivity index (χ2n) is 2.71. The maximum Gasteiger partial charge on any atom is 0.344 e. The third kappa shape index (κ3) is 2.53. The minimum atomic E-state index is -1.07. The zero-order valence-corrected chi connectivity index (χ0v) is 8.15. The molecule has 0 aliphatic carbocycles. The summed E-state index contributed by atoms with van der Waals surface area (Å²) < 4.78 is 5.02. The largest absolute Gasteiger partial charge is 0.508 e. The van der Waals surface area contributed by atoms with E-state index in [1.165, 1.54) is 25.1 Å². The van der Waals surface area contributed by atoms with Gasteiger partial charge in [0.2, 0.25) is 0 Å². The number of halogens is 1. The smallest absolute Gasteiger partial charge is 0.344 e. The summed E-state index contributed by atoms with van der Waals surface area (Å²) in [5, 5.41) is 17.8. The molecule has 0 radical (unpaired) electrons. The second-order valence-corrected chi connectivity index (χ2v) is 3.12. The number of phenolic OH excluding ortho intramolecular Hbond substituents is 1. The highest BCUT2D eigenvalue weighted by molar-refractivity contribution is 6.32. The van der Waals surface area contributed by atoms with E-state index in [1.54, 1.807) is 0 Å². The molecular formula is C9H9ClO4. The molecule has 0 saturated carbocycles. The number of rotatable bonds is 3. The fraction of sp³-hybridized carbons (Fsp3) is 0.222. The van der Waals surface area contributed by atoms with E-state index in [9.17, 15) is 4.79 Å². The third-order valence-corrected chi connectivity index (χ3v) is 1.86. The van der Waals surface area contributed by atoms with Gasteiger partial charge < -0.3 is 14.9 Å². The predicted molar refractivity (Wildman–Crippen MR) is 50.8 cm³/mol. The Morgan fingerprint density at radius 2 is 2.21 bits per heavy atom. The molecule has 14 heavy (non-hydrogen) atoms. The first-order valence-electron chi connectivity index (χ1n) is 3.88. The molecule has 2 N–H and O–H groups in total. The molecule has 0 saturated heterocycles. The lowest BCUT2D eigenvalue weighted by Gasteiger charge is -2.11. The van der Waals surface area contributed by atoms with Crippen LogP contribution in [-0.2, 0) is 4.79 Å². The molecule has 0 aliphatic heterocycles. The van der Waals surface area contributed by atoms with Crippen LogP contribution < -0.4 is 4.74 Å². The summed E-state index contributed by atoms with van der Waals surface area (Å²) in [7, 11) is 0. The average molecular weight is 217 g/mol. The SMILES string of the molecule is CC(Oc1ccc(O)cc1Cl)C(=O)O. The topological polar surface area (TPSA) is 66.8 Å². The Balaban J connectivity index is 2.82.